The van der Waals surface area contributed by atoms with Gasteiger partial charge in [0.15, 0.2) is 0 Å². The molecule has 1 aliphatic rings. The molecule has 0 radical (unpaired) electrons. The highest BCUT2D eigenvalue weighted by Crippen LogP contribution is 2.17. The number of carbonyl (C=O) groups is 1. The third kappa shape index (κ3) is 3.17. The van der Waals surface area contributed by atoms with Crippen LogP contribution in [0.4, 0.5) is 0 Å². The number of ether oxygens (including phenoxy) is 1. The van der Waals surface area contributed by atoms with Crippen molar-refractivity contribution < 1.29 is 9.53 Å². The van der Waals surface area contributed by atoms with Crippen LogP contribution in [0.2, 0.25) is 0 Å². The van der Waals surface area contributed by atoms with Crippen molar-refractivity contribution in [3.63, 3.8) is 0 Å². The van der Waals surface area contributed by atoms with Crippen LogP contribution in [0, 0.1) is 0 Å². The third-order valence-corrected chi connectivity index (χ3v) is 2.96. The second kappa shape index (κ2) is 5.64. The van der Waals surface area contributed by atoms with Crippen molar-refractivity contribution in [3.8, 4) is 0 Å². The van der Waals surface area contributed by atoms with E-state index in [0.717, 1.165) is 31.5 Å². The standard InChI is InChI=1S/C14H17NO2/c1-17-14(16)7-5-11-4-6-13-10-15-8-2-3-12(13)9-11/h4-7,9,15H,2-3,8,10H2,1H3. The molecule has 0 fully saturated rings. The van der Waals surface area contributed by atoms with Gasteiger partial charge in [0.1, 0.15) is 0 Å². The zero-order valence-electron chi connectivity index (χ0n) is 10.0. The van der Waals surface area contributed by atoms with E-state index < -0.39 is 0 Å². The molecule has 0 saturated heterocycles. The Morgan fingerprint density at radius 3 is 3.12 bits per heavy atom. The Balaban J connectivity index is 2.18. The Bertz CT molecular complexity index is 438. The van der Waals surface area contributed by atoms with Gasteiger partial charge in [0.25, 0.3) is 0 Å². The first kappa shape index (κ1) is 11.9. The molecule has 0 aromatic heterocycles. The van der Waals surface area contributed by atoms with Gasteiger partial charge in [-0.3, -0.25) is 0 Å². The maximum Gasteiger partial charge on any atom is 0.330 e. The topological polar surface area (TPSA) is 38.3 Å². The molecule has 0 atom stereocenters. The Labute approximate surface area is 101 Å². The fourth-order valence-corrected chi connectivity index (χ4v) is 2.01. The molecule has 1 N–H and O–H groups in total. The van der Waals surface area contributed by atoms with Crippen LogP contribution < -0.4 is 5.32 Å². The zero-order valence-corrected chi connectivity index (χ0v) is 10.0. The lowest BCUT2D eigenvalue weighted by Crippen LogP contribution is -2.11. The van der Waals surface area contributed by atoms with Crippen LogP contribution in [0.3, 0.4) is 0 Å². The largest absolute Gasteiger partial charge is 0.466 e. The van der Waals surface area contributed by atoms with Gasteiger partial charge in [0, 0.05) is 12.6 Å². The first-order chi connectivity index (χ1) is 8.29. The van der Waals surface area contributed by atoms with Gasteiger partial charge in [-0.15, -0.1) is 0 Å². The first-order valence-corrected chi connectivity index (χ1v) is 5.88. The van der Waals surface area contributed by atoms with Gasteiger partial charge in [-0.1, -0.05) is 18.2 Å². The Kier molecular flexibility index (Phi) is 3.94. The molecule has 1 aromatic carbocycles. The number of nitrogens with one attached hydrogen (secondary N) is 1. The second-order valence-corrected chi connectivity index (χ2v) is 4.16. The maximum absolute atomic E-state index is 11.0. The Morgan fingerprint density at radius 1 is 1.41 bits per heavy atom. The SMILES string of the molecule is COC(=O)C=Cc1ccc2c(c1)CCCNC2. The molecular weight excluding hydrogens is 214 g/mol. The number of aryl methyl sites for hydroxylation is 1. The van der Waals surface area contributed by atoms with E-state index in [1.165, 1.54) is 24.3 Å². The van der Waals surface area contributed by atoms with E-state index in [1.807, 2.05) is 6.07 Å². The monoisotopic (exact) mass is 231 g/mol. The number of hydrogen-bond donors (Lipinski definition) is 1. The summed E-state index contributed by atoms with van der Waals surface area (Å²) < 4.78 is 4.57. The highest BCUT2D eigenvalue weighted by Gasteiger charge is 2.07. The lowest BCUT2D eigenvalue weighted by atomic mass is 10.0. The quantitative estimate of drug-likeness (QED) is 0.624. The lowest BCUT2D eigenvalue weighted by Gasteiger charge is -2.06. The minimum absolute atomic E-state index is 0.318. The van der Waals surface area contributed by atoms with E-state index in [-0.39, 0.29) is 5.97 Å². The molecule has 0 saturated carbocycles. The lowest BCUT2D eigenvalue weighted by molar-refractivity contribution is -0.134. The van der Waals surface area contributed by atoms with Gasteiger partial charge in [0.05, 0.1) is 7.11 Å². The summed E-state index contributed by atoms with van der Waals surface area (Å²) in [5, 5.41) is 3.39. The van der Waals surface area contributed by atoms with E-state index in [4.69, 9.17) is 0 Å². The van der Waals surface area contributed by atoms with Crippen LogP contribution in [-0.4, -0.2) is 19.6 Å². The Hall–Kier alpha value is -1.61. The van der Waals surface area contributed by atoms with Crippen LogP contribution >= 0.6 is 0 Å². The molecule has 17 heavy (non-hydrogen) atoms. The van der Waals surface area contributed by atoms with E-state index in [0.29, 0.717) is 0 Å². The van der Waals surface area contributed by atoms with Crippen molar-refractivity contribution >= 4 is 12.0 Å². The van der Waals surface area contributed by atoms with Gasteiger partial charge in [0.2, 0.25) is 0 Å². The van der Waals surface area contributed by atoms with Crippen LogP contribution in [0.1, 0.15) is 23.1 Å². The molecule has 3 heteroatoms. The van der Waals surface area contributed by atoms with E-state index in [2.05, 4.69) is 22.2 Å². The molecule has 0 aliphatic carbocycles. The number of rotatable bonds is 2. The van der Waals surface area contributed by atoms with Gasteiger partial charge < -0.3 is 10.1 Å². The van der Waals surface area contributed by atoms with Gasteiger partial charge in [-0.25, -0.2) is 4.79 Å². The predicted octanol–water partition coefficient (Wildman–Crippen LogP) is 1.91. The summed E-state index contributed by atoms with van der Waals surface area (Å²) in [6, 6.07) is 6.32. The van der Waals surface area contributed by atoms with Crippen molar-refractivity contribution in [1.82, 2.24) is 5.32 Å². The molecule has 0 bridgehead atoms. The predicted molar refractivity (Wildman–Crippen MR) is 67.5 cm³/mol. The average Bonchev–Trinajstić information content (AvgIpc) is 2.60. The summed E-state index contributed by atoms with van der Waals surface area (Å²) in [6.45, 7) is 2.01. The summed E-state index contributed by atoms with van der Waals surface area (Å²) in [5.41, 5.74) is 3.79. The van der Waals surface area contributed by atoms with Gasteiger partial charge in [-0.2, -0.15) is 0 Å². The molecular formula is C14H17NO2. The minimum atomic E-state index is -0.318. The first-order valence-electron chi connectivity index (χ1n) is 5.88. The van der Waals surface area contributed by atoms with E-state index in [1.54, 1.807) is 6.08 Å². The number of fused-ring (bicyclic) bond motifs is 1. The minimum Gasteiger partial charge on any atom is -0.466 e. The van der Waals surface area contributed by atoms with Crippen LogP contribution in [0.15, 0.2) is 24.3 Å². The number of methoxy groups -OCH3 is 1. The highest BCUT2D eigenvalue weighted by molar-refractivity contribution is 5.86. The van der Waals surface area contributed by atoms with Crippen molar-refractivity contribution in [1.29, 1.82) is 0 Å². The smallest absolute Gasteiger partial charge is 0.330 e. The van der Waals surface area contributed by atoms with Crippen molar-refractivity contribution in [2.24, 2.45) is 0 Å². The summed E-state index contributed by atoms with van der Waals surface area (Å²) in [6.07, 6.45) is 5.51. The van der Waals surface area contributed by atoms with Crippen molar-refractivity contribution in [2.75, 3.05) is 13.7 Å². The number of hydrogen-bond acceptors (Lipinski definition) is 3. The zero-order chi connectivity index (χ0) is 12.1. The summed E-state index contributed by atoms with van der Waals surface area (Å²) >= 11 is 0. The van der Waals surface area contributed by atoms with Gasteiger partial charge >= 0.3 is 5.97 Å². The molecule has 0 unspecified atom stereocenters. The average molecular weight is 231 g/mol. The van der Waals surface area contributed by atoms with E-state index in [9.17, 15) is 4.79 Å². The molecule has 3 nitrogen and oxygen atoms in total. The highest BCUT2D eigenvalue weighted by atomic mass is 16.5. The molecule has 1 heterocycles. The van der Waals surface area contributed by atoms with Gasteiger partial charge in [-0.05, 0) is 42.2 Å². The second-order valence-electron chi connectivity index (χ2n) is 4.16. The van der Waals surface area contributed by atoms with Crippen LogP contribution in [0.25, 0.3) is 6.08 Å². The normalized spacial score (nSPS) is 15.4. The number of esters is 1. The third-order valence-electron chi connectivity index (χ3n) is 2.96. The number of carbonyl (C=O) groups excluding carboxylic acids is 1. The molecule has 1 aromatic rings. The van der Waals surface area contributed by atoms with Crippen LogP contribution in [0.5, 0.6) is 0 Å². The van der Waals surface area contributed by atoms with Crippen molar-refractivity contribution in [2.45, 2.75) is 19.4 Å². The molecule has 1 aliphatic heterocycles. The molecule has 90 valence electrons. The van der Waals surface area contributed by atoms with Crippen LogP contribution in [-0.2, 0) is 22.5 Å². The fourth-order valence-electron chi connectivity index (χ4n) is 2.01. The number of benzene rings is 1. The molecule has 0 spiro atoms. The maximum atomic E-state index is 11.0. The summed E-state index contributed by atoms with van der Waals surface area (Å²) in [5.74, 6) is -0.318. The van der Waals surface area contributed by atoms with Crippen molar-refractivity contribution in [3.05, 3.63) is 41.0 Å². The summed E-state index contributed by atoms with van der Waals surface area (Å²) in [4.78, 5) is 11.0. The molecule has 2 rings (SSSR count). The Morgan fingerprint density at radius 2 is 2.29 bits per heavy atom. The fraction of sp³-hybridized carbons (Fsp3) is 0.357. The summed E-state index contributed by atoms with van der Waals surface area (Å²) in [7, 11) is 1.38. The molecule has 0 amide bonds. The van der Waals surface area contributed by atoms with E-state index >= 15 is 0 Å².